The lowest BCUT2D eigenvalue weighted by Gasteiger charge is -2.62. The maximum atomic E-state index is 14.4. The highest BCUT2D eigenvalue weighted by molar-refractivity contribution is 5.96. The van der Waals surface area contributed by atoms with E-state index in [9.17, 15) is 40.5 Å². The second kappa shape index (κ2) is 11.8. The Morgan fingerprint density at radius 3 is 2.40 bits per heavy atom. The molecule has 14 atom stereocenters. The normalized spacial score (nSPS) is 45.5. The van der Waals surface area contributed by atoms with Crippen LogP contribution in [-0.2, 0) is 14.3 Å². The van der Waals surface area contributed by atoms with Crippen LogP contribution in [0.25, 0.3) is 0 Å². The van der Waals surface area contributed by atoms with Gasteiger partial charge in [-0.2, -0.15) is 0 Å². The smallest absolute Gasteiger partial charge is 0.160 e. The summed E-state index contributed by atoms with van der Waals surface area (Å²) in [6.45, 7) is 11.9. The van der Waals surface area contributed by atoms with E-state index in [0.29, 0.717) is 36.8 Å². The third-order valence-electron chi connectivity index (χ3n) is 13.6. The van der Waals surface area contributed by atoms with Crippen LogP contribution in [0.4, 0.5) is 0 Å². The molecule has 0 unspecified atom stereocenters. The van der Waals surface area contributed by atoms with Gasteiger partial charge < -0.3 is 45.2 Å². The first-order valence-electron chi connectivity index (χ1n) is 17.4. The van der Waals surface area contributed by atoms with Crippen molar-refractivity contribution in [3.63, 3.8) is 0 Å². The Morgan fingerprint density at radius 1 is 1.06 bits per heavy atom. The number of allylic oxidation sites excluding steroid dienone is 1. The maximum Gasteiger partial charge on any atom is 0.160 e. The summed E-state index contributed by atoms with van der Waals surface area (Å²) in [5, 5.41) is 77.8. The van der Waals surface area contributed by atoms with Crippen LogP contribution in [0.3, 0.4) is 0 Å². The number of hydrogen-bond acceptors (Lipinski definition) is 10. The molecule has 6 rings (SSSR count). The minimum absolute atomic E-state index is 0.0694. The molecule has 1 saturated heterocycles. The van der Waals surface area contributed by atoms with Gasteiger partial charge in [-0.25, -0.2) is 0 Å². The van der Waals surface area contributed by atoms with Crippen LogP contribution in [0, 0.1) is 40.4 Å². The summed E-state index contributed by atoms with van der Waals surface area (Å²) in [4.78, 5) is 14.4. The van der Waals surface area contributed by atoms with E-state index in [1.807, 2.05) is 34.6 Å². The number of fused-ring (bicyclic) bond motifs is 7. The minimum Gasteiger partial charge on any atom is -0.504 e. The summed E-state index contributed by atoms with van der Waals surface area (Å²) in [6, 6.07) is 4.35. The van der Waals surface area contributed by atoms with Gasteiger partial charge in [-0.3, -0.25) is 4.79 Å². The Kier molecular flexibility index (Phi) is 8.72. The first kappa shape index (κ1) is 34.8. The number of carbonyl (C=O) groups excluding carboxylic acids is 1. The number of phenols is 2. The molecule has 0 amide bonds. The van der Waals surface area contributed by atoms with Gasteiger partial charge in [0.2, 0.25) is 0 Å². The highest BCUT2D eigenvalue weighted by atomic mass is 16.5. The predicted molar refractivity (Wildman–Crippen MR) is 172 cm³/mol. The lowest BCUT2D eigenvalue weighted by Crippen LogP contribution is -2.64. The molecule has 0 radical (unpaired) electrons. The Hall–Kier alpha value is -2.05. The van der Waals surface area contributed by atoms with Crippen molar-refractivity contribution in [2.45, 2.75) is 121 Å². The molecule has 10 heteroatoms. The van der Waals surface area contributed by atoms with Crippen molar-refractivity contribution < 1.29 is 50.0 Å². The third-order valence-corrected chi connectivity index (χ3v) is 13.6. The summed E-state index contributed by atoms with van der Waals surface area (Å²) in [6.07, 6.45) is -0.339. The summed E-state index contributed by atoms with van der Waals surface area (Å²) >= 11 is 0. The van der Waals surface area contributed by atoms with Crippen molar-refractivity contribution >= 4 is 5.78 Å². The van der Waals surface area contributed by atoms with Crippen molar-refractivity contribution in [2.75, 3.05) is 13.2 Å². The fourth-order valence-electron chi connectivity index (χ4n) is 10.9. The van der Waals surface area contributed by atoms with Crippen LogP contribution in [0.15, 0.2) is 29.8 Å². The van der Waals surface area contributed by atoms with Crippen LogP contribution in [-0.4, -0.2) is 96.5 Å². The molecule has 5 aliphatic rings. The van der Waals surface area contributed by atoms with E-state index in [0.717, 1.165) is 0 Å². The molecule has 1 aromatic rings. The van der Waals surface area contributed by atoms with E-state index in [4.69, 9.17) is 9.47 Å². The first-order valence-corrected chi connectivity index (χ1v) is 17.4. The number of carbonyl (C=O) groups is 1. The van der Waals surface area contributed by atoms with Gasteiger partial charge in [-0.15, -0.1) is 0 Å². The fraction of sp³-hybridized carbons (Fsp3) is 0.757. The molecule has 47 heavy (non-hydrogen) atoms. The Labute approximate surface area is 277 Å². The number of phenolic OH excluding ortho intramolecular Hbond substituents is 2. The van der Waals surface area contributed by atoms with Gasteiger partial charge in [-0.05, 0) is 85.1 Å². The number of benzene rings is 1. The molecule has 3 saturated carbocycles. The Balaban J connectivity index is 1.40. The molecule has 0 spiro atoms. The third kappa shape index (κ3) is 4.95. The van der Waals surface area contributed by atoms with E-state index >= 15 is 0 Å². The zero-order valence-electron chi connectivity index (χ0n) is 28.5. The molecular formula is C37H54O10. The molecule has 4 aliphatic carbocycles. The van der Waals surface area contributed by atoms with E-state index in [1.54, 1.807) is 19.1 Å². The van der Waals surface area contributed by atoms with Crippen molar-refractivity contribution in [3.05, 3.63) is 35.4 Å². The number of aliphatic hydroxyl groups excluding tert-OH is 3. The molecule has 0 aromatic heterocycles. The highest BCUT2D eigenvalue weighted by Crippen LogP contribution is 2.71. The highest BCUT2D eigenvalue weighted by Gasteiger charge is 2.75. The Morgan fingerprint density at radius 2 is 1.77 bits per heavy atom. The SMILES string of the molecule is CC(C)[C@H](C)[C@H](O)[C@@H]1O[C@H]2C[C@@]3(O)C4=CC(=O)[C@@H]5[C@@H](c6ccc(O)c(O)c6)[C@@H](O)[C@@H](OCCCO)C[C@]5(C)[C@H]4CC[C@]3(C)[C@H]2[C@@]1(C)O. The fourth-order valence-corrected chi connectivity index (χ4v) is 10.9. The van der Waals surface area contributed by atoms with Gasteiger partial charge in [-0.1, -0.05) is 40.7 Å². The number of ketones is 1. The van der Waals surface area contributed by atoms with E-state index in [1.165, 1.54) is 12.1 Å². The number of aromatic hydroxyl groups is 2. The molecule has 262 valence electrons. The number of aliphatic hydroxyl groups is 5. The molecule has 0 bridgehead atoms. The van der Waals surface area contributed by atoms with Crippen LogP contribution in [0.5, 0.6) is 11.5 Å². The molecule has 1 heterocycles. The molecular weight excluding hydrogens is 604 g/mol. The van der Waals surface area contributed by atoms with Gasteiger partial charge in [0.05, 0.1) is 35.6 Å². The summed E-state index contributed by atoms with van der Waals surface area (Å²) < 4.78 is 12.7. The van der Waals surface area contributed by atoms with E-state index in [-0.39, 0.29) is 54.7 Å². The summed E-state index contributed by atoms with van der Waals surface area (Å²) in [5.74, 6) is -3.00. The van der Waals surface area contributed by atoms with Gasteiger partial charge >= 0.3 is 0 Å². The average molecular weight is 659 g/mol. The summed E-state index contributed by atoms with van der Waals surface area (Å²) in [7, 11) is 0. The van der Waals surface area contributed by atoms with E-state index < -0.39 is 70.3 Å². The van der Waals surface area contributed by atoms with Crippen molar-refractivity contribution in [3.8, 4) is 11.5 Å². The number of rotatable bonds is 8. The predicted octanol–water partition coefficient (Wildman–Crippen LogP) is 3.18. The average Bonchev–Trinajstić information content (AvgIpc) is 3.41. The lowest BCUT2D eigenvalue weighted by atomic mass is 9.43. The molecule has 1 aliphatic heterocycles. The molecule has 7 N–H and O–H groups in total. The number of ether oxygens (including phenoxy) is 2. The molecule has 4 fully saturated rings. The number of hydrogen-bond donors (Lipinski definition) is 7. The van der Waals surface area contributed by atoms with Gasteiger partial charge in [0.25, 0.3) is 0 Å². The zero-order valence-corrected chi connectivity index (χ0v) is 28.5. The second-order valence-corrected chi connectivity index (χ2v) is 16.4. The van der Waals surface area contributed by atoms with Gasteiger partial charge in [0.1, 0.15) is 6.10 Å². The lowest BCUT2D eigenvalue weighted by molar-refractivity contribution is -0.181. The zero-order chi connectivity index (χ0) is 34.4. The minimum atomic E-state index is -1.45. The Bertz CT molecular complexity index is 1410. The topological polar surface area (TPSA) is 177 Å². The molecule has 1 aromatic carbocycles. The van der Waals surface area contributed by atoms with Crippen molar-refractivity contribution in [1.82, 2.24) is 0 Å². The maximum absolute atomic E-state index is 14.4. The van der Waals surface area contributed by atoms with Crippen LogP contribution in [0.1, 0.15) is 85.1 Å². The van der Waals surface area contributed by atoms with Crippen molar-refractivity contribution in [1.29, 1.82) is 0 Å². The van der Waals surface area contributed by atoms with Crippen molar-refractivity contribution in [2.24, 2.45) is 40.4 Å². The van der Waals surface area contributed by atoms with E-state index in [2.05, 4.69) is 0 Å². The van der Waals surface area contributed by atoms with Crippen LogP contribution in [0.2, 0.25) is 0 Å². The molecule has 10 nitrogen and oxygen atoms in total. The standard InChI is InChI=1S/C37H54O10/c1-18(2)19(3)30(42)33-36(6,44)32-27(47-33)17-37(45)22-15-25(41)29-28(20-8-9-23(39)24(40)14-20)31(43)26(46-13-7-12-38)16-34(29,4)21(22)10-11-35(32,37)5/h8-9,14-15,18-19,21,26-33,38-40,42-45H,7,10-13,16-17H2,1-6H3/t19-,21-,26-,27-,28+,29+,30-,31-,32-,33-,34+,35+,36+,37+/m0/s1. The first-order chi connectivity index (χ1) is 21.9. The van der Waals surface area contributed by atoms with Crippen LogP contribution < -0.4 is 0 Å². The van der Waals surface area contributed by atoms with Gasteiger partial charge in [0.15, 0.2) is 17.3 Å². The largest absolute Gasteiger partial charge is 0.504 e. The monoisotopic (exact) mass is 658 g/mol. The quantitative estimate of drug-likeness (QED) is 0.162. The summed E-state index contributed by atoms with van der Waals surface area (Å²) in [5.41, 5.74) is -3.33. The second-order valence-electron chi connectivity index (χ2n) is 16.4. The van der Waals surface area contributed by atoms with Crippen LogP contribution >= 0.6 is 0 Å². The van der Waals surface area contributed by atoms with Gasteiger partial charge in [0, 0.05) is 42.8 Å².